The summed E-state index contributed by atoms with van der Waals surface area (Å²) < 4.78 is 0. The Balaban J connectivity index is 2.45. The highest BCUT2D eigenvalue weighted by atomic mass is 16.3. The van der Waals surface area contributed by atoms with Crippen LogP contribution in [0.25, 0.3) is 0 Å². The number of likely N-dealkylation sites (N-methyl/N-ethyl adjacent to an activating group) is 1. The van der Waals surface area contributed by atoms with Crippen molar-refractivity contribution in [3.63, 3.8) is 0 Å². The largest absolute Gasteiger partial charge is 0.390 e. The summed E-state index contributed by atoms with van der Waals surface area (Å²) in [6.45, 7) is 1.16. The molecule has 0 aliphatic carbocycles. The first-order valence-electron chi connectivity index (χ1n) is 5.25. The third-order valence-electron chi connectivity index (χ3n) is 2.15. The van der Waals surface area contributed by atoms with E-state index >= 15 is 0 Å². The van der Waals surface area contributed by atoms with Crippen LogP contribution < -0.4 is 5.32 Å². The molecule has 0 saturated heterocycles. The Bertz CT molecular complexity index is 368. The molecule has 0 amide bonds. The van der Waals surface area contributed by atoms with Crippen molar-refractivity contribution in [1.29, 1.82) is 0 Å². The van der Waals surface area contributed by atoms with Crippen molar-refractivity contribution in [2.24, 2.45) is 0 Å². The number of terminal acetylenes is 1. The summed E-state index contributed by atoms with van der Waals surface area (Å²) in [6.07, 6.45) is 4.92. The molecule has 0 radical (unpaired) electrons. The first kappa shape index (κ1) is 12.6. The molecule has 1 aromatic carbocycles. The SMILES string of the molecule is C#Cc1cccc(NCC(O)CN(C)C)c1. The lowest BCUT2D eigenvalue weighted by atomic mass is 10.2. The molecule has 1 rings (SSSR count). The number of hydrogen-bond donors (Lipinski definition) is 2. The van der Waals surface area contributed by atoms with Gasteiger partial charge in [0.05, 0.1) is 6.10 Å². The lowest BCUT2D eigenvalue weighted by Gasteiger charge is -2.17. The molecule has 0 spiro atoms. The van der Waals surface area contributed by atoms with E-state index in [-0.39, 0.29) is 6.10 Å². The molecule has 3 heteroatoms. The third kappa shape index (κ3) is 4.35. The molecule has 86 valence electrons. The second-order valence-corrected chi connectivity index (χ2v) is 4.02. The number of nitrogens with zero attached hydrogens (tertiary/aromatic N) is 1. The molecule has 0 aliphatic rings. The van der Waals surface area contributed by atoms with Gasteiger partial charge in [0, 0.05) is 24.3 Å². The van der Waals surface area contributed by atoms with Crippen LogP contribution in [0.15, 0.2) is 24.3 Å². The van der Waals surface area contributed by atoms with E-state index in [1.54, 1.807) is 0 Å². The molecule has 16 heavy (non-hydrogen) atoms. The van der Waals surface area contributed by atoms with Gasteiger partial charge in [-0.15, -0.1) is 6.42 Å². The fourth-order valence-electron chi connectivity index (χ4n) is 1.44. The topological polar surface area (TPSA) is 35.5 Å². The van der Waals surface area contributed by atoms with Gasteiger partial charge in [-0.1, -0.05) is 12.0 Å². The van der Waals surface area contributed by atoms with Crippen molar-refractivity contribution in [2.75, 3.05) is 32.5 Å². The maximum Gasteiger partial charge on any atom is 0.0838 e. The van der Waals surface area contributed by atoms with Gasteiger partial charge in [-0.25, -0.2) is 0 Å². The Labute approximate surface area is 97.1 Å². The molecule has 0 heterocycles. The van der Waals surface area contributed by atoms with Gasteiger partial charge in [-0.05, 0) is 32.3 Å². The molecule has 1 unspecified atom stereocenters. The van der Waals surface area contributed by atoms with Crippen molar-refractivity contribution >= 4 is 5.69 Å². The molecule has 0 saturated carbocycles. The highest BCUT2D eigenvalue weighted by Crippen LogP contribution is 2.09. The van der Waals surface area contributed by atoms with E-state index in [0.717, 1.165) is 11.3 Å². The Morgan fingerprint density at radius 1 is 1.50 bits per heavy atom. The smallest absolute Gasteiger partial charge is 0.0838 e. The predicted octanol–water partition coefficient (Wildman–Crippen LogP) is 1.00. The monoisotopic (exact) mass is 218 g/mol. The first-order chi connectivity index (χ1) is 7.61. The van der Waals surface area contributed by atoms with Gasteiger partial charge in [-0.2, -0.15) is 0 Å². The summed E-state index contributed by atoms with van der Waals surface area (Å²) >= 11 is 0. The summed E-state index contributed by atoms with van der Waals surface area (Å²) in [7, 11) is 3.87. The quantitative estimate of drug-likeness (QED) is 0.724. The lowest BCUT2D eigenvalue weighted by Crippen LogP contribution is -2.31. The van der Waals surface area contributed by atoms with Crippen LogP contribution in [-0.4, -0.2) is 43.3 Å². The lowest BCUT2D eigenvalue weighted by molar-refractivity contribution is 0.148. The van der Waals surface area contributed by atoms with E-state index in [1.807, 2.05) is 43.3 Å². The van der Waals surface area contributed by atoms with E-state index < -0.39 is 0 Å². The Hall–Kier alpha value is -1.50. The number of aliphatic hydroxyl groups is 1. The molecule has 0 aromatic heterocycles. The average Bonchev–Trinajstić information content (AvgIpc) is 2.26. The van der Waals surface area contributed by atoms with E-state index in [0.29, 0.717) is 13.1 Å². The zero-order valence-corrected chi connectivity index (χ0v) is 9.77. The zero-order chi connectivity index (χ0) is 12.0. The maximum absolute atomic E-state index is 9.66. The normalized spacial score (nSPS) is 12.2. The Kier molecular flexibility index (Phi) is 4.84. The second kappa shape index (κ2) is 6.16. The minimum atomic E-state index is -0.385. The number of nitrogens with one attached hydrogen (secondary N) is 1. The second-order valence-electron chi connectivity index (χ2n) is 4.02. The van der Waals surface area contributed by atoms with Gasteiger partial charge in [0.1, 0.15) is 0 Å². The van der Waals surface area contributed by atoms with Gasteiger partial charge >= 0.3 is 0 Å². The molecule has 3 nitrogen and oxygen atoms in total. The van der Waals surface area contributed by atoms with E-state index in [1.165, 1.54) is 0 Å². The molecule has 0 fully saturated rings. The van der Waals surface area contributed by atoms with Crippen molar-refractivity contribution in [2.45, 2.75) is 6.10 Å². The number of anilines is 1. The molecular formula is C13H18N2O. The van der Waals surface area contributed by atoms with Crippen molar-refractivity contribution in [3.05, 3.63) is 29.8 Å². The van der Waals surface area contributed by atoms with Crippen LogP contribution in [0.1, 0.15) is 5.56 Å². The van der Waals surface area contributed by atoms with Crippen LogP contribution >= 0.6 is 0 Å². The van der Waals surface area contributed by atoms with Crippen molar-refractivity contribution in [3.8, 4) is 12.3 Å². The van der Waals surface area contributed by atoms with E-state index in [4.69, 9.17) is 6.42 Å². The van der Waals surface area contributed by atoms with Gasteiger partial charge in [0.25, 0.3) is 0 Å². The Morgan fingerprint density at radius 2 is 2.25 bits per heavy atom. The van der Waals surface area contributed by atoms with Crippen molar-refractivity contribution in [1.82, 2.24) is 4.90 Å². The van der Waals surface area contributed by atoms with E-state index in [9.17, 15) is 5.11 Å². The van der Waals surface area contributed by atoms with Gasteiger partial charge in [0.2, 0.25) is 0 Å². The highest BCUT2D eigenvalue weighted by Gasteiger charge is 2.04. The zero-order valence-electron chi connectivity index (χ0n) is 9.77. The maximum atomic E-state index is 9.66. The summed E-state index contributed by atoms with van der Waals surface area (Å²) in [5, 5.41) is 12.8. The summed E-state index contributed by atoms with van der Waals surface area (Å²) in [6, 6.07) is 7.60. The minimum absolute atomic E-state index is 0.385. The Morgan fingerprint density at radius 3 is 2.88 bits per heavy atom. The third-order valence-corrected chi connectivity index (χ3v) is 2.15. The standard InChI is InChI=1S/C13H18N2O/c1-4-11-6-5-7-12(8-11)14-9-13(16)10-15(2)3/h1,5-8,13-14,16H,9-10H2,2-3H3. The van der Waals surface area contributed by atoms with Crippen LogP contribution in [0.5, 0.6) is 0 Å². The van der Waals surface area contributed by atoms with Gasteiger partial charge in [0.15, 0.2) is 0 Å². The summed E-state index contributed by atoms with van der Waals surface area (Å²) in [4.78, 5) is 1.95. The van der Waals surface area contributed by atoms with Crippen LogP contribution in [-0.2, 0) is 0 Å². The van der Waals surface area contributed by atoms with Crippen molar-refractivity contribution < 1.29 is 5.11 Å². The average molecular weight is 218 g/mol. The molecule has 0 bridgehead atoms. The number of benzene rings is 1. The molecule has 2 N–H and O–H groups in total. The number of rotatable bonds is 5. The summed E-state index contributed by atoms with van der Waals surface area (Å²) in [5.41, 5.74) is 1.78. The fraction of sp³-hybridized carbons (Fsp3) is 0.385. The van der Waals surface area contributed by atoms with Crippen LogP contribution in [0, 0.1) is 12.3 Å². The highest BCUT2D eigenvalue weighted by molar-refractivity contribution is 5.49. The van der Waals surface area contributed by atoms with Gasteiger partial charge in [-0.3, -0.25) is 0 Å². The summed E-state index contributed by atoms with van der Waals surface area (Å²) in [5.74, 6) is 2.58. The van der Waals surface area contributed by atoms with E-state index in [2.05, 4.69) is 11.2 Å². The fourth-order valence-corrected chi connectivity index (χ4v) is 1.44. The number of aliphatic hydroxyl groups excluding tert-OH is 1. The molecule has 1 aromatic rings. The predicted molar refractivity (Wildman–Crippen MR) is 67.4 cm³/mol. The van der Waals surface area contributed by atoms with Crippen LogP contribution in [0.4, 0.5) is 5.69 Å². The van der Waals surface area contributed by atoms with Crippen LogP contribution in [0.3, 0.4) is 0 Å². The van der Waals surface area contributed by atoms with Gasteiger partial charge < -0.3 is 15.3 Å². The first-order valence-corrected chi connectivity index (χ1v) is 5.25. The minimum Gasteiger partial charge on any atom is -0.390 e. The number of hydrogen-bond acceptors (Lipinski definition) is 3. The molecule has 0 aliphatic heterocycles. The van der Waals surface area contributed by atoms with Crippen LogP contribution in [0.2, 0.25) is 0 Å². The molecule has 1 atom stereocenters. The molecular weight excluding hydrogens is 200 g/mol.